The third-order valence-electron chi connectivity index (χ3n) is 4.17. The second kappa shape index (κ2) is 8.49. The maximum atomic E-state index is 13.1. The summed E-state index contributed by atoms with van der Waals surface area (Å²) < 4.78 is 0. The number of benzene rings is 2. The molecule has 0 fully saturated rings. The van der Waals surface area contributed by atoms with E-state index in [0.29, 0.717) is 6.54 Å². The Hall–Kier alpha value is -2.13. The summed E-state index contributed by atoms with van der Waals surface area (Å²) in [7, 11) is 1.88. The summed E-state index contributed by atoms with van der Waals surface area (Å²) in [5.74, 6) is 0.142. The van der Waals surface area contributed by atoms with Gasteiger partial charge in [-0.1, -0.05) is 74.5 Å². The fourth-order valence-corrected chi connectivity index (χ4v) is 2.88. The first kappa shape index (κ1) is 17.2. The zero-order valence-electron chi connectivity index (χ0n) is 14.3. The molecule has 0 saturated heterocycles. The van der Waals surface area contributed by atoms with Gasteiger partial charge in [-0.15, -0.1) is 0 Å². The molecule has 23 heavy (non-hydrogen) atoms. The first-order valence-electron chi connectivity index (χ1n) is 8.25. The van der Waals surface area contributed by atoms with Crippen molar-refractivity contribution < 1.29 is 4.79 Å². The van der Waals surface area contributed by atoms with Crippen molar-refractivity contribution in [2.75, 3.05) is 20.1 Å². The Bertz CT molecular complexity index is 594. The topological polar surface area (TPSA) is 23.6 Å². The normalized spacial score (nSPS) is 12.2. The van der Waals surface area contributed by atoms with Crippen LogP contribution in [0.25, 0.3) is 0 Å². The highest BCUT2D eigenvalue weighted by atomic mass is 16.2. The van der Waals surface area contributed by atoms with Gasteiger partial charge in [0.25, 0.3) is 0 Å². The third kappa shape index (κ3) is 4.42. The van der Waals surface area contributed by atoms with Gasteiger partial charge in [-0.25, -0.2) is 0 Å². The maximum absolute atomic E-state index is 13.1. The van der Waals surface area contributed by atoms with Crippen LogP contribution in [0, 0.1) is 0 Å². The summed E-state index contributed by atoms with van der Waals surface area (Å²) in [6, 6.07) is 20.0. The number of carbonyl (C=O) groups excluding carboxylic acids is 1. The number of rotatable bonds is 7. The summed E-state index contributed by atoms with van der Waals surface area (Å²) in [6.07, 6.45) is 0. The number of likely N-dealkylation sites (N-methyl/N-ethyl adjacent to an activating group) is 2. The van der Waals surface area contributed by atoms with Crippen LogP contribution >= 0.6 is 0 Å². The lowest BCUT2D eigenvalue weighted by Crippen LogP contribution is -2.41. The first-order valence-corrected chi connectivity index (χ1v) is 8.25. The highest BCUT2D eigenvalue weighted by Crippen LogP contribution is 2.23. The van der Waals surface area contributed by atoms with E-state index in [1.54, 1.807) is 0 Å². The van der Waals surface area contributed by atoms with E-state index in [2.05, 4.69) is 30.9 Å². The molecule has 1 amide bonds. The molecule has 2 aromatic rings. The van der Waals surface area contributed by atoms with Crippen molar-refractivity contribution in [2.24, 2.45) is 0 Å². The number of amides is 1. The van der Waals surface area contributed by atoms with Crippen LogP contribution in [-0.4, -0.2) is 35.8 Å². The fourth-order valence-electron chi connectivity index (χ4n) is 2.88. The second-order valence-corrected chi connectivity index (χ2v) is 5.71. The Kier molecular flexibility index (Phi) is 6.36. The predicted octanol–water partition coefficient (Wildman–Crippen LogP) is 3.73. The van der Waals surface area contributed by atoms with E-state index < -0.39 is 0 Å². The molecule has 0 aliphatic heterocycles. The molecular weight excluding hydrogens is 284 g/mol. The van der Waals surface area contributed by atoms with Gasteiger partial charge in [0, 0.05) is 13.6 Å². The van der Waals surface area contributed by atoms with Crippen molar-refractivity contribution in [1.82, 2.24) is 9.80 Å². The van der Waals surface area contributed by atoms with Crippen LogP contribution in [0.2, 0.25) is 0 Å². The van der Waals surface area contributed by atoms with Crippen molar-refractivity contribution in [3.8, 4) is 0 Å². The molecular formula is C20H26N2O. The SMILES string of the molecule is CCN(CC)C(C(=O)N(C)Cc1ccccc1)c1ccccc1. The van der Waals surface area contributed by atoms with Gasteiger partial charge >= 0.3 is 0 Å². The highest BCUT2D eigenvalue weighted by molar-refractivity contribution is 5.83. The van der Waals surface area contributed by atoms with Gasteiger partial charge in [0.05, 0.1) is 0 Å². The second-order valence-electron chi connectivity index (χ2n) is 5.71. The molecule has 1 unspecified atom stereocenters. The smallest absolute Gasteiger partial charge is 0.244 e. The molecule has 2 rings (SSSR count). The summed E-state index contributed by atoms with van der Waals surface area (Å²) in [5.41, 5.74) is 2.20. The Balaban J connectivity index is 2.22. The number of nitrogens with zero attached hydrogens (tertiary/aromatic N) is 2. The van der Waals surface area contributed by atoms with E-state index >= 15 is 0 Å². The minimum Gasteiger partial charge on any atom is -0.340 e. The minimum atomic E-state index is -0.222. The largest absolute Gasteiger partial charge is 0.340 e. The van der Waals surface area contributed by atoms with E-state index in [9.17, 15) is 4.79 Å². The average Bonchev–Trinajstić information content (AvgIpc) is 2.60. The lowest BCUT2D eigenvalue weighted by atomic mass is 10.0. The average molecular weight is 310 g/mol. The molecule has 0 heterocycles. The van der Waals surface area contributed by atoms with Crippen molar-refractivity contribution in [1.29, 1.82) is 0 Å². The van der Waals surface area contributed by atoms with Gasteiger partial charge in [0.2, 0.25) is 5.91 Å². The summed E-state index contributed by atoms with van der Waals surface area (Å²) in [4.78, 5) is 17.1. The molecule has 122 valence electrons. The van der Waals surface area contributed by atoms with Crippen LogP contribution in [0.4, 0.5) is 0 Å². The van der Waals surface area contributed by atoms with Crippen LogP contribution in [0.1, 0.15) is 31.0 Å². The molecule has 0 aromatic heterocycles. The predicted molar refractivity (Wildman–Crippen MR) is 95.0 cm³/mol. The van der Waals surface area contributed by atoms with E-state index in [1.165, 1.54) is 0 Å². The van der Waals surface area contributed by atoms with E-state index in [-0.39, 0.29) is 11.9 Å². The maximum Gasteiger partial charge on any atom is 0.244 e. The van der Waals surface area contributed by atoms with E-state index in [0.717, 1.165) is 24.2 Å². The van der Waals surface area contributed by atoms with Crippen LogP contribution in [0.3, 0.4) is 0 Å². The Labute approximate surface area is 139 Å². The molecule has 0 bridgehead atoms. The standard InChI is InChI=1S/C20H26N2O/c1-4-22(5-2)19(18-14-10-7-11-15-18)20(23)21(3)16-17-12-8-6-9-13-17/h6-15,19H,4-5,16H2,1-3H3. The van der Waals surface area contributed by atoms with Crippen LogP contribution in [-0.2, 0) is 11.3 Å². The zero-order valence-corrected chi connectivity index (χ0v) is 14.3. The lowest BCUT2D eigenvalue weighted by molar-refractivity contribution is -0.136. The number of hydrogen-bond acceptors (Lipinski definition) is 2. The van der Waals surface area contributed by atoms with Gasteiger partial charge in [-0.05, 0) is 24.2 Å². The minimum absolute atomic E-state index is 0.142. The fraction of sp³-hybridized carbons (Fsp3) is 0.350. The van der Waals surface area contributed by atoms with Crippen LogP contribution < -0.4 is 0 Å². The molecule has 3 heteroatoms. The molecule has 0 aliphatic rings. The molecule has 0 aliphatic carbocycles. The van der Waals surface area contributed by atoms with Gasteiger partial charge < -0.3 is 4.90 Å². The van der Waals surface area contributed by atoms with Gasteiger partial charge in [-0.2, -0.15) is 0 Å². The van der Waals surface area contributed by atoms with Gasteiger partial charge in [0.15, 0.2) is 0 Å². The Morgan fingerprint density at radius 2 is 1.43 bits per heavy atom. The Morgan fingerprint density at radius 3 is 1.96 bits per heavy atom. The van der Waals surface area contributed by atoms with Gasteiger partial charge in [0.1, 0.15) is 6.04 Å². The van der Waals surface area contributed by atoms with Crippen molar-refractivity contribution in [3.63, 3.8) is 0 Å². The summed E-state index contributed by atoms with van der Waals surface area (Å²) in [6.45, 7) is 6.53. The summed E-state index contributed by atoms with van der Waals surface area (Å²) in [5, 5.41) is 0. The first-order chi connectivity index (χ1) is 11.2. The summed E-state index contributed by atoms with van der Waals surface area (Å²) >= 11 is 0. The zero-order chi connectivity index (χ0) is 16.7. The molecule has 0 N–H and O–H groups in total. The van der Waals surface area contributed by atoms with E-state index in [1.807, 2.05) is 60.5 Å². The quantitative estimate of drug-likeness (QED) is 0.778. The molecule has 1 atom stereocenters. The molecule has 3 nitrogen and oxygen atoms in total. The van der Waals surface area contributed by atoms with Crippen molar-refractivity contribution in [3.05, 3.63) is 71.8 Å². The molecule has 0 radical (unpaired) electrons. The van der Waals surface area contributed by atoms with E-state index in [4.69, 9.17) is 0 Å². The van der Waals surface area contributed by atoms with Crippen LogP contribution in [0.5, 0.6) is 0 Å². The monoisotopic (exact) mass is 310 g/mol. The molecule has 2 aromatic carbocycles. The lowest BCUT2D eigenvalue weighted by Gasteiger charge is -2.32. The van der Waals surface area contributed by atoms with Crippen molar-refractivity contribution >= 4 is 5.91 Å². The van der Waals surface area contributed by atoms with Crippen molar-refractivity contribution in [2.45, 2.75) is 26.4 Å². The van der Waals surface area contributed by atoms with Crippen LogP contribution in [0.15, 0.2) is 60.7 Å². The molecule has 0 spiro atoms. The third-order valence-corrected chi connectivity index (χ3v) is 4.17. The van der Waals surface area contributed by atoms with Gasteiger partial charge in [-0.3, -0.25) is 9.69 Å². The highest BCUT2D eigenvalue weighted by Gasteiger charge is 2.28. The molecule has 0 saturated carbocycles. The number of carbonyl (C=O) groups is 1. The number of hydrogen-bond donors (Lipinski definition) is 0. The Morgan fingerprint density at radius 1 is 0.913 bits per heavy atom.